The van der Waals surface area contributed by atoms with E-state index in [1.165, 1.54) is 0 Å². The van der Waals surface area contributed by atoms with E-state index < -0.39 is 0 Å². The molecule has 13 heavy (non-hydrogen) atoms. The van der Waals surface area contributed by atoms with Crippen molar-refractivity contribution < 1.29 is 10.3 Å². The molecule has 1 aromatic carbocycles. The van der Waals surface area contributed by atoms with Crippen LogP contribution in [-0.2, 0) is 0 Å². The SMILES string of the molecule is CC(/C=C/c1ccc(O)cc1)=N\O. The number of benzene rings is 1. The first kappa shape index (κ1) is 9.32. The summed E-state index contributed by atoms with van der Waals surface area (Å²) in [5, 5.41) is 20.3. The summed E-state index contributed by atoms with van der Waals surface area (Å²) < 4.78 is 0. The second-order valence-electron chi connectivity index (χ2n) is 2.67. The van der Waals surface area contributed by atoms with Crippen LogP contribution in [0.4, 0.5) is 0 Å². The predicted molar refractivity (Wildman–Crippen MR) is 52.0 cm³/mol. The monoisotopic (exact) mass is 177 g/mol. The fourth-order valence-electron chi connectivity index (χ4n) is 0.836. The molecule has 1 aromatic rings. The molecule has 0 fully saturated rings. The van der Waals surface area contributed by atoms with Crippen LogP contribution in [0.3, 0.4) is 0 Å². The van der Waals surface area contributed by atoms with E-state index in [2.05, 4.69) is 5.16 Å². The van der Waals surface area contributed by atoms with Crippen molar-refractivity contribution in [1.29, 1.82) is 0 Å². The Hall–Kier alpha value is -1.77. The zero-order valence-corrected chi connectivity index (χ0v) is 7.31. The number of oxime groups is 1. The average Bonchev–Trinajstić information content (AvgIpc) is 2.16. The van der Waals surface area contributed by atoms with Gasteiger partial charge in [-0.1, -0.05) is 23.4 Å². The Morgan fingerprint density at radius 3 is 2.46 bits per heavy atom. The van der Waals surface area contributed by atoms with Crippen LogP contribution in [-0.4, -0.2) is 16.0 Å². The maximum absolute atomic E-state index is 8.99. The highest BCUT2D eigenvalue weighted by atomic mass is 16.4. The molecule has 0 aliphatic heterocycles. The Bertz CT molecular complexity index is 325. The summed E-state index contributed by atoms with van der Waals surface area (Å²) in [6.07, 6.45) is 3.49. The van der Waals surface area contributed by atoms with Gasteiger partial charge >= 0.3 is 0 Å². The lowest BCUT2D eigenvalue weighted by Crippen LogP contribution is -1.82. The summed E-state index contributed by atoms with van der Waals surface area (Å²) in [6.45, 7) is 1.69. The molecule has 1 rings (SSSR count). The van der Waals surface area contributed by atoms with Crippen molar-refractivity contribution in [1.82, 2.24) is 0 Å². The van der Waals surface area contributed by atoms with Crippen molar-refractivity contribution in [2.24, 2.45) is 5.16 Å². The van der Waals surface area contributed by atoms with E-state index in [4.69, 9.17) is 10.3 Å². The van der Waals surface area contributed by atoms with Gasteiger partial charge in [0.25, 0.3) is 0 Å². The molecule has 0 amide bonds. The number of nitrogens with zero attached hydrogens (tertiary/aromatic N) is 1. The van der Waals surface area contributed by atoms with Crippen molar-refractivity contribution in [3.63, 3.8) is 0 Å². The molecule has 0 spiro atoms. The van der Waals surface area contributed by atoms with Gasteiger partial charge in [-0.15, -0.1) is 0 Å². The lowest BCUT2D eigenvalue weighted by atomic mass is 10.2. The van der Waals surface area contributed by atoms with Crippen LogP contribution in [0.15, 0.2) is 35.5 Å². The molecule has 0 aromatic heterocycles. The van der Waals surface area contributed by atoms with Gasteiger partial charge in [-0.3, -0.25) is 0 Å². The van der Waals surface area contributed by atoms with Crippen LogP contribution in [0.25, 0.3) is 6.08 Å². The highest BCUT2D eigenvalue weighted by Crippen LogP contribution is 2.10. The summed E-state index contributed by atoms with van der Waals surface area (Å²) in [5.74, 6) is 0.240. The maximum Gasteiger partial charge on any atom is 0.115 e. The Balaban J connectivity index is 2.75. The van der Waals surface area contributed by atoms with Gasteiger partial charge in [0.1, 0.15) is 5.75 Å². The normalized spacial score (nSPS) is 12.2. The molecule has 68 valence electrons. The van der Waals surface area contributed by atoms with Gasteiger partial charge in [-0.05, 0) is 30.7 Å². The molecule has 0 unspecified atom stereocenters. The van der Waals surface area contributed by atoms with E-state index >= 15 is 0 Å². The van der Waals surface area contributed by atoms with Gasteiger partial charge < -0.3 is 10.3 Å². The Morgan fingerprint density at radius 2 is 1.92 bits per heavy atom. The van der Waals surface area contributed by atoms with Crippen molar-refractivity contribution >= 4 is 11.8 Å². The number of allylic oxidation sites excluding steroid dienone is 1. The Morgan fingerprint density at radius 1 is 1.31 bits per heavy atom. The van der Waals surface area contributed by atoms with E-state index in [0.29, 0.717) is 5.71 Å². The van der Waals surface area contributed by atoms with E-state index in [1.54, 1.807) is 43.3 Å². The molecule has 0 saturated carbocycles. The summed E-state index contributed by atoms with van der Waals surface area (Å²) in [5.41, 5.74) is 1.48. The molecule has 0 radical (unpaired) electrons. The van der Waals surface area contributed by atoms with Gasteiger partial charge in [0.15, 0.2) is 0 Å². The number of hydrogen-bond acceptors (Lipinski definition) is 3. The molecule has 0 aliphatic rings. The van der Waals surface area contributed by atoms with Gasteiger partial charge in [-0.25, -0.2) is 0 Å². The fraction of sp³-hybridized carbons (Fsp3) is 0.100. The molecule has 2 N–H and O–H groups in total. The van der Waals surface area contributed by atoms with E-state index in [-0.39, 0.29) is 5.75 Å². The van der Waals surface area contributed by atoms with Crippen molar-refractivity contribution in [3.8, 4) is 5.75 Å². The van der Waals surface area contributed by atoms with Crippen LogP contribution < -0.4 is 0 Å². The minimum atomic E-state index is 0.240. The fourth-order valence-corrected chi connectivity index (χ4v) is 0.836. The first-order valence-electron chi connectivity index (χ1n) is 3.88. The summed E-state index contributed by atoms with van der Waals surface area (Å²) >= 11 is 0. The summed E-state index contributed by atoms with van der Waals surface area (Å²) in [6, 6.07) is 6.75. The number of phenolic OH excluding ortho intramolecular Hbond substituents is 1. The largest absolute Gasteiger partial charge is 0.508 e. The third kappa shape index (κ3) is 2.99. The molecule has 0 bridgehead atoms. The standard InChI is InChI=1S/C10H11NO2/c1-8(11-13)2-3-9-4-6-10(12)7-5-9/h2-7,12-13H,1H3/b3-2+,11-8+. The smallest absolute Gasteiger partial charge is 0.115 e. The third-order valence-electron chi connectivity index (χ3n) is 1.57. The molecule has 0 atom stereocenters. The second-order valence-corrected chi connectivity index (χ2v) is 2.67. The lowest BCUT2D eigenvalue weighted by molar-refractivity contribution is 0.319. The number of hydrogen-bond donors (Lipinski definition) is 2. The van der Waals surface area contributed by atoms with Crippen LogP contribution in [0.1, 0.15) is 12.5 Å². The molecular formula is C10H11NO2. The Labute approximate surface area is 76.6 Å². The Kier molecular flexibility index (Phi) is 3.09. The lowest BCUT2D eigenvalue weighted by Gasteiger charge is -1.93. The minimum absolute atomic E-state index is 0.240. The van der Waals surface area contributed by atoms with E-state index in [9.17, 15) is 0 Å². The maximum atomic E-state index is 8.99. The number of rotatable bonds is 2. The van der Waals surface area contributed by atoms with Crippen LogP contribution in [0.2, 0.25) is 0 Å². The predicted octanol–water partition coefficient (Wildman–Crippen LogP) is 2.26. The zero-order chi connectivity index (χ0) is 9.68. The van der Waals surface area contributed by atoms with Crippen LogP contribution in [0.5, 0.6) is 5.75 Å². The van der Waals surface area contributed by atoms with E-state index in [1.807, 2.05) is 0 Å². The van der Waals surface area contributed by atoms with Crippen LogP contribution in [0, 0.1) is 0 Å². The average molecular weight is 177 g/mol. The number of phenols is 1. The second kappa shape index (κ2) is 4.30. The van der Waals surface area contributed by atoms with Crippen LogP contribution >= 0.6 is 0 Å². The molecule has 0 aliphatic carbocycles. The van der Waals surface area contributed by atoms with Crippen molar-refractivity contribution in [2.45, 2.75) is 6.92 Å². The highest BCUT2D eigenvalue weighted by molar-refractivity contribution is 5.95. The van der Waals surface area contributed by atoms with Gasteiger partial charge in [-0.2, -0.15) is 0 Å². The minimum Gasteiger partial charge on any atom is -0.508 e. The molecule has 0 saturated heterocycles. The zero-order valence-electron chi connectivity index (χ0n) is 7.31. The summed E-state index contributed by atoms with van der Waals surface area (Å²) in [4.78, 5) is 0. The quantitative estimate of drug-likeness (QED) is 0.413. The van der Waals surface area contributed by atoms with Gasteiger partial charge in [0.05, 0.1) is 5.71 Å². The van der Waals surface area contributed by atoms with Crippen molar-refractivity contribution in [3.05, 3.63) is 35.9 Å². The van der Waals surface area contributed by atoms with Gasteiger partial charge in [0, 0.05) is 0 Å². The van der Waals surface area contributed by atoms with Crippen molar-refractivity contribution in [2.75, 3.05) is 0 Å². The first-order chi connectivity index (χ1) is 6.22. The molecular weight excluding hydrogens is 166 g/mol. The van der Waals surface area contributed by atoms with E-state index in [0.717, 1.165) is 5.56 Å². The number of aromatic hydroxyl groups is 1. The molecule has 3 heteroatoms. The first-order valence-corrected chi connectivity index (χ1v) is 3.88. The molecule has 0 heterocycles. The highest BCUT2D eigenvalue weighted by Gasteiger charge is 1.88. The molecule has 3 nitrogen and oxygen atoms in total. The topological polar surface area (TPSA) is 52.8 Å². The third-order valence-corrected chi connectivity index (χ3v) is 1.57. The van der Waals surface area contributed by atoms with Gasteiger partial charge in [0.2, 0.25) is 0 Å². The summed E-state index contributed by atoms with van der Waals surface area (Å²) in [7, 11) is 0.